The van der Waals surface area contributed by atoms with E-state index in [9.17, 15) is 14.4 Å². The maximum atomic E-state index is 12.6. The minimum Gasteiger partial charge on any atom is -0.481 e. The molecule has 0 radical (unpaired) electrons. The summed E-state index contributed by atoms with van der Waals surface area (Å²) in [5.41, 5.74) is 4.51. The van der Waals surface area contributed by atoms with Crippen LogP contribution in [0.15, 0.2) is 48.5 Å². The fourth-order valence-electron chi connectivity index (χ4n) is 4.53. The molecule has 2 atom stereocenters. The number of fused-ring (bicyclic) bond motifs is 3. The number of rotatable bonds is 13. The smallest absolute Gasteiger partial charge is 0.407 e. The molecule has 1 unspecified atom stereocenters. The van der Waals surface area contributed by atoms with Gasteiger partial charge in [0.1, 0.15) is 12.6 Å². The third-order valence-corrected chi connectivity index (χ3v) is 6.48. The van der Waals surface area contributed by atoms with Crippen LogP contribution in [0.25, 0.3) is 11.1 Å². The average Bonchev–Trinajstić information content (AvgIpc) is 3.18. The number of carbonyl (C=O) groups excluding carboxylic acids is 2. The Bertz CT molecular complexity index is 979. The van der Waals surface area contributed by atoms with Crippen molar-refractivity contribution in [2.75, 3.05) is 26.9 Å². The standard InChI is InChI=1S/C27H34N2O6/c1-3-18(12-13-25(30)31)14-15-28-26(32)24(17-34-2)29-27(33)35-16-23-21-10-6-4-8-19(21)20-9-5-7-11-22(20)23/h4-11,18,23-24H,3,12-17H2,1-2H3,(H,28,32)(H,29,33)(H,30,31)/t18?,24-/m0/s1. The first-order valence-corrected chi connectivity index (χ1v) is 12.0. The molecule has 0 bridgehead atoms. The van der Waals surface area contributed by atoms with Gasteiger partial charge in [0.15, 0.2) is 0 Å². The molecule has 8 nitrogen and oxygen atoms in total. The van der Waals surface area contributed by atoms with E-state index < -0.39 is 18.1 Å². The van der Waals surface area contributed by atoms with Crippen LogP contribution >= 0.6 is 0 Å². The van der Waals surface area contributed by atoms with Crippen LogP contribution in [-0.2, 0) is 19.1 Å². The van der Waals surface area contributed by atoms with Crippen LogP contribution in [0.5, 0.6) is 0 Å². The molecule has 0 heterocycles. The molecule has 3 N–H and O–H groups in total. The highest BCUT2D eigenvalue weighted by atomic mass is 16.5. The molecule has 2 aromatic rings. The maximum Gasteiger partial charge on any atom is 0.407 e. The number of amides is 2. The number of hydrogen-bond acceptors (Lipinski definition) is 5. The van der Waals surface area contributed by atoms with Crippen LogP contribution in [-0.4, -0.2) is 56.0 Å². The number of methoxy groups -OCH3 is 1. The Hall–Kier alpha value is -3.39. The van der Waals surface area contributed by atoms with Crippen LogP contribution in [0.4, 0.5) is 4.79 Å². The van der Waals surface area contributed by atoms with E-state index in [0.29, 0.717) is 19.4 Å². The van der Waals surface area contributed by atoms with Gasteiger partial charge in [-0.3, -0.25) is 9.59 Å². The summed E-state index contributed by atoms with van der Waals surface area (Å²) in [6, 6.07) is 15.3. The van der Waals surface area contributed by atoms with Crippen molar-refractivity contribution in [3.05, 3.63) is 59.7 Å². The Balaban J connectivity index is 1.52. The zero-order valence-electron chi connectivity index (χ0n) is 20.3. The van der Waals surface area contributed by atoms with E-state index in [1.165, 1.54) is 7.11 Å². The molecule has 0 saturated heterocycles. The summed E-state index contributed by atoms with van der Waals surface area (Å²) in [6.45, 7) is 2.56. The number of benzene rings is 2. The van der Waals surface area contributed by atoms with Crippen molar-refractivity contribution in [1.29, 1.82) is 0 Å². The minimum atomic E-state index is -0.894. The third kappa shape index (κ3) is 7.05. The highest BCUT2D eigenvalue weighted by Crippen LogP contribution is 2.44. The maximum absolute atomic E-state index is 12.6. The lowest BCUT2D eigenvalue weighted by Gasteiger charge is -2.20. The lowest BCUT2D eigenvalue weighted by molar-refractivity contribution is -0.137. The monoisotopic (exact) mass is 482 g/mol. The molecule has 35 heavy (non-hydrogen) atoms. The van der Waals surface area contributed by atoms with Crippen molar-refractivity contribution in [1.82, 2.24) is 10.6 Å². The summed E-state index contributed by atoms with van der Waals surface area (Å²) in [5.74, 6) is -1.05. The van der Waals surface area contributed by atoms with Crippen molar-refractivity contribution in [2.45, 2.75) is 44.6 Å². The number of ether oxygens (including phenoxy) is 2. The summed E-state index contributed by atoms with van der Waals surface area (Å²) in [6.07, 6.45) is 1.50. The van der Waals surface area contributed by atoms with Crippen LogP contribution in [0.3, 0.4) is 0 Å². The fourth-order valence-corrected chi connectivity index (χ4v) is 4.53. The van der Waals surface area contributed by atoms with Gasteiger partial charge in [0, 0.05) is 26.0 Å². The lowest BCUT2D eigenvalue weighted by Crippen LogP contribution is -2.49. The van der Waals surface area contributed by atoms with Crippen molar-refractivity contribution < 1.29 is 29.0 Å². The summed E-state index contributed by atoms with van der Waals surface area (Å²) in [4.78, 5) is 36.0. The van der Waals surface area contributed by atoms with E-state index >= 15 is 0 Å². The first kappa shape index (κ1) is 26.2. The molecular formula is C27H34N2O6. The second-order valence-electron chi connectivity index (χ2n) is 8.76. The molecule has 0 saturated carbocycles. The van der Waals surface area contributed by atoms with Gasteiger partial charge in [-0.25, -0.2) is 4.79 Å². The van der Waals surface area contributed by atoms with Gasteiger partial charge in [0.25, 0.3) is 0 Å². The van der Waals surface area contributed by atoms with Crippen LogP contribution in [0, 0.1) is 5.92 Å². The predicted octanol–water partition coefficient (Wildman–Crippen LogP) is 3.94. The second-order valence-corrected chi connectivity index (χ2v) is 8.76. The molecule has 0 aliphatic heterocycles. The lowest BCUT2D eigenvalue weighted by atomic mass is 9.96. The van der Waals surface area contributed by atoms with Crippen LogP contribution < -0.4 is 10.6 Å². The fraction of sp³-hybridized carbons (Fsp3) is 0.444. The second kappa shape index (κ2) is 12.9. The van der Waals surface area contributed by atoms with E-state index in [1.807, 2.05) is 43.3 Å². The number of aliphatic carboxylic acids is 1. The predicted molar refractivity (Wildman–Crippen MR) is 132 cm³/mol. The topological polar surface area (TPSA) is 114 Å². The molecule has 0 fully saturated rings. The van der Waals surface area contributed by atoms with Crippen molar-refractivity contribution >= 4 is 18.0 Å². The summed E-state index contributed by atoms with van der Waals surface area (Å²) in [5, 5.41) is 14.3. The van der Waals surface area contributed by atoms with Gasteiger partial charge in [0.05, 0.1) is 6.61 Å². The minimum absolute atomic E-state index is 0.00620. The Morgan fingerprint density at radius 1 is 1.00 bits per heavy atom. The van der Waals surface area contributed by atoms with Crippen molar-refractivity contribution in [2.24, 2.45) is 5.92 Å². The summed E-state index contributed by atoms with van der Waals surface area (Å²) in [7, 11) is 1.46. The van der Waals surface area contributed by atoms with Gasteiger partial charge in [-0.1, -0.05) is 61.9 Å². The molecule has 1 aliphatic rings. The number of hydrogen-bond donors (Lipinski definition) is 3. The first-order valence-electron chi connectivity index (χ1n) is 12.0. The van der Waals surface area contributed by atoms with Gasteiger partial charge in [-0.15, -0.1) is 0 Å². The SMILES string of the molecule is CCC(CCNC(=O)[C@H](COC)NC(=O)OCC1c2ccccc2-c2ccccc21)CCC(=O)O. The largest absolute Gasteiger partial charge is 0.481 e. The van der Waals surface area contributed by atoms with Gasteiger partial charge in [-0.2, -0.15) is 0 Å². The summed E-state index contributed by atoms with van der Waals surface area (Å²) < 4.78 is 10.7. The van der Waals surface area contributed by atoms with E-state index in [0.717, 1.165) is 28.7 Å². The van der Waals surface area contributed by atoms with Gasteiger partial charge in [-0.05, 0) is 41.0 Å². The molecule has 2 amide bonds. The third-order valence-electron chi connectivity index (χ3n) is 6.48. The molecule has 1 aliphatic carbocycles. The molecule has 2 aromatic carbocycles. The van der Waals surface area contributed by atoms with Crippen LogP contribution in [0.1, 0.15) is 49.7 Å². The molecule has 3 rings (SSSR count). The van der Waals surface area contributed by atoms with Gasteiger partial charge >= 0.3 is 12.1 Å². The molecule has 0 aromatic heterocycles. The Morgan fingerprint density at radius 2 is 1.63 bits per heavy atom. The highest BCUT2D eigenvalue weighted by Gasteiger charge is 2.29. The first-order chi connectivity index (χ1) is 16.9. The molecule has 188 valence electrons. The highest BCUT2D eigenvalue weighted by molar-refractivity contribution is 5.86. The number of carboxylic acids is 1. The molecular weight excluding hydrogens is 448 g/mol. The van der Waals surface area contributed by atoms with E-state index in [-0.39, 0.29) is 37.4 Å². The van der Waals surface area contributed by atoms with E-state index in [1.54, 1.807) is 0 Å². The van der Waals surface area contributed by atoms with Gasteiger partial charge in [0.2, 0.25) is 5.91 Å². The molecule has 0 spiro atoms. The van der Waals surface area contributed by atoms with E-state index in [4.69, 9.17) is 14.6 Å². The molecule has 8 heteroatoms. The zero-order valence-corrected chi connectivity index (χ0v) is 20.3. The average molecular weight is 483 g/mol. The van der Waals surface area contributed by atoms with Crippen molar-refractivity contribution in [3.8, 4) is 11.1 Å². The number of carbonyl (C=O) groups is 3. The zero-order chi connectivity index (χ0) is 25.2. The number of alkyl carbamates (subject to hydrolysis) is 1. The Morgan fingerprint density at radius 3 is 2.20 bits per heavy atom. The number of nitrogens with one attached hydrogen (secondary N) is 2. The quantitative estimate of drug-likeness (QED) is 0.399. The Kier molecular flexibility index (Phi) is 9.66. The van der Waals surface area contributed by atoms with Crippen molar-refractivity contribution in [3.63, 3.8) is 0 Å². The van der Waals surface area contributed by atoms with Crippen LogP contribution in [0.2, 0.25) is 0 Å². The van der Waals surface area contributed by atoms with Gasteiger partial charge < -0.3 is 25.2 Å². The van der Waals surface area contributed by atoms with E-state index in [2.05, 4.69) is 22.8 Å². The number of carboxylic acid groups (broad SMARTS) is 1. The summed E-state index contributed by atoms with van der Waals surface area (Å²) >= 11 is 0. The normalized spacial score (nSPS) is 13.9. The Labute approximate surface area is 206 Å².